The number of benzene rings is 3. The summed E-state index contributed by atoms with van der Waals surface area (Å²) < 4.78 is 28.7. The van der Waals surface area contributed by atoms with Gasteiger partial charge >= 0.3 is 0 Å². The first-order chi connectivity index (χ1) is 14.8. The van der Waals surface area contributed by atoms with Crippen molar-refractivity contribution < 1.29 is 13.2 Å². The summed E-state index contributed by atoms with van der Waals surface area (Å²) in [4.78, 5) is 14.6. The normalized spacial score (nSPS) is 11.5. The lowest BCUT2D eigenvalue weighted by Crippen LogP contribution is -2.41. The molecule has 0 atom stereocenters. The summed E-state index contributed by atoms with van der Waals surface area (Å²) in [6.45, 7) is 0.0773. The van der Waals surface area contributed by atoms with Gasteiger partial charge in [0.2, 0.25) is 15.9 Å². The number of hydrogen-bond donors (Lipinski definition) is 0. The Balaban J connectivity index is 1.87. The number of likely N-dealkylation sites (N-methyl/N-ethyl adjacent to an activating group) is 1. The minimum absolute atomic E-state index is 0.0109. The minimum Gasteiger partial charge on any atom is -0.340 e. The summed E-state index contributed by atoms with van der Waals surface area (Å²) >= 11 is 9.59. The first kappa shape index (κ1) is 23.5. The highest BCUT2D eigenvalue weighted by Crippen LogP contribution is 2.24. The molecule has 0 fully saturated rings. The van der Waals surface area contributed by atoms with Crippen LogP contribution < -0.4 is 0 Å². The Morgan fingerprint density at radius 1 is 0.903 bits per heavy atom. The van der Waals surface area contributed by atoms with Crippen LogP contribution in [0.2, 0.25) is 5.02 Å². The second-order valence-electron chi connectivity index (χ2n) is 7.05. The number of hydrogen-bond acceptors (Lipinski definition) is 3. The van der Waals surface area contributed by atoms with E-state index in [1.165, 1.54) is 21.3 Å². The van der Waals surface area contributed by atoms with E-state index in [1.807, 2.05) is 30.3 Å². The van der Waals surface area contributed by atoms with Crippen molar-refractivity contribution in [2.24, 2.45) is 0 Å². The van der Waals surface area contributed by atoms with Crippen molar-refractivity contribution in [1.29, 1.82) is 0 Å². The Morgan fingerprint density at radius 2 is 1.52 bits per heavy atom. The molecule has 0 aliphatic rings. The predicted molar refractivity (Wildman–Crippen MR) is 126 cm³/mol. The van der Waals surface area contributed by atoms with Crippen molar-refractivity contribution in [1.82, 2.24) is 9.21 Å². The number of carbonyl (C=O) groups excluding carboxylic acids is 1. The van der Waals surface area contributed by atoms with Crippen LogP contribution in [0.5, 0.6) is 0 Å². The molecule has 3 aromatic rings. The molecule has 0 aliphatic heterocycles. The van der Waals surface area contributed by atoms with Gasteiger partial charge in [0.15, 0.2) is 0 Å². The van der Waals surface area contributed by atoms with Crippen LogP contribution in [0.15, 0.2) is 88.2 Å². The fraction of sp³-hybridized carbons (Fsp3) is 0.174. The first-order valence-corrected chi connectivity index (χ1v) is 12.2. The van der Waals surface area contributed by atoms with Gasteiger partial charge in [-0.3, -0.25) is 4.79 Å². The third kappa shape index (κ3) is 6.17. The van der Waals surface area contributed by atoms with Crippen LogP contribution >= 0.6 is 27.5 Å². The lowest BCUT2D eigenvalue weighted by molar-refractivity contribution is -0.130. The first-order valence-electron chi connectivity index (χ1n) is 9.54. The SMILES string of the molecule is CN(Cc1ccccc1)C(=O)CN(Cc1ccccc1Cl)S(=O)(=O)c1ccc(Br)cc1. The smallest absolute Gasteiger partial charge is 0.243 e. The van der Waals surface area contributed by atoms with Crippen molar-refractivity contribution >= 4 is 43.5 Å². The third-order valence-electron chi connectivity index (χ3n) is 4.76. The van der Waals surface area contributed by atoms with E-state index in [-0.39, 0.29) is 23.9 Å². The maximum Gasteiger partial charge on any atom is 0.243 e. The Hall–Kier alpha value is -2.19. The van der Waals surface area contributed by atoms with E-state index in [9.17, 15) is 13.2 Å². The summed E-state index contributed by atoms with van der Waals surface area (Å²) in [6.07, 6.45) is 0. The lowest BCUT2D eigenvalue weighted by atomic mass is 10.2. The molecule has 5 nitrogen and oxygen atoms in total. The van der Waals surface area contributed by atoms with Gasteiger partial charge in [-0.05, 0) is 41.5 Å². The molecule has 0 heterocycles. The summed E-state index contributed by atoms with van der Waals surface area (Å²) in [5.41, 5.74) is 1.59. The number of rotatable bonds is 8. The molecule has 0 aliphatic carbocycles. The van der Waals surface area contributed by atoms with Gasteiger partial charge in [-0.25, -0.2) is 8.42 Å². The highest BCUT2D eigenvalue weighted by Gasteiger charge is 2.28. The quantitative estimate of drug-likeness (QED) is 0.421. The van der Waals surface area contributed by atoms with Crippen molar-refractivity contribution in [3.8, 4) is 0 Å². The average molecular weight is 522 g/mol. The molecule has 8 heteroatoms. The number of amides is 1. The zero-order chi connectivity index (χ0) is 22.4. The highest BCUT2D eigenvalue weighted by molar-refractivity contribution is 9.10. The number of sulfonamides is 1. The number of carbonyl (C=O) groups is 1. The van der Waals surface area contributed by atoms with E-state index in [0.29, 0.717) is 17.1 Å². The highest BCUT2D eigenvalue weighted by atomic mass is 79.9. The van der Waals surface area contributed by atoms with Crippen molar-refractivity contribution in [3.63, 3.8) is 0 Å². The van der Waals surface area contributed by atoms with E-state index < -0.39 is 10.0 Å². The summed E-state index contributed by atoms with van der Waals surface area (Å²) in [6, 6.07) is 22.9. The van der Waals surface area contributed by atoms with E-state index in [2.05, 4.69) is 15.9 Å². The van der Waals surface area contributed by atoms with Gasteiger partial charge in [0.25, 0.3) is 0 Å². The molecule has 0 bridgehead atoms. The molecule has 3 rings (SSSR count). The summed E-state index contributed by atoms with van der Waals surface area (Å²) in [7, 11) is -2.27. The lowest BCUT2D eigenvalue weighted by Gasteiger charge is -2.25. The Bertz CT molecular complexity index is 1140. The van der Waals surface area contributed by atoms with Crippen LogP contribution in [0.3, 0.4) is 0 Å². The van der Waals surface area contributed by atoms with Crippen LogP contribution in [-0.4, -0.2) is 37.1 Å². The number of nitrogens with zero attached hydrogens (tertiary/aromatic N) is 2. The van der Waals surface area contributed by atoms with Crippen molar-refractivity contribution in [2.75, 3.05) is 13.6 Å². The molecule has 1 amide bonds. The molecule has 0 spiro atoms. The Morgan fingerprint density at radius 3 is 2.16 bits per heavy atom. The summed E-state index contributed by atoms with van der Waals surface area (Å²) in [5.74, 6) is -0.309. The zero-order valence-corrected chi connectivity index (χ0v) is 20.1. The van der Waals surface area contributed by atoms with E-state index >= 15 is 0 Å². The van der Waals surface area contributed by atoms with Crippen LogP contribution in [0, 0.1) is 0 Å². The molecule has 0 N–H and O–H groups in total. The monoisotopic (exact) mass is 520 g/mol. The second-order valence-corrected chi connectivity index (χ2v) is 10.3. The van der Waals surface area contributed by atoms with Crippen LogP contribution in [0.4, 0.5) is 0 Å². The van der Waals surface area contributed by atoms with E-state index in [1.54, 1.807) is 43.4 Å². The molecule has 3 aromatic carbocycles. The average Bonchev–Trinajstić information content (AvgIpc) is 2.75. The molecular formula is C23H22BrClN2O3S. The molecule has 0 aromatic heterocycles. The fourth-order valence-electron chi connectivity index (χ4n) is 3.02. The predicted octanol–water partition coefficient (Wildman–Crippen LogP) is 4.95. The third-order valence-corrected chi connectivity index (χ3v) is 7.46. The fourth-order valence-corrected chi connectivity index (χ4v) is 4.84. The van der Waals surface area contributed by atoms with Gasteiger partial charge in [0, 0.05) is 29.6 Å². The molecule has 0 saturated carbocycles. The van der Waals surface area contributed by atoms with Gasteiger partial charge in [0.05, 0.1) is 11.4 Å². The molecule has 0 unspecified atom stereocenters. The van der Waals surface area contributed by atoms with Gasteiger partial charge in [-0.1, -0.05) is 76.1 Å². The molecular weight excluding hydrogens is 500 g/mol. The molecule has 31 heavy (non-hydrogen) atoms. The maximum atomic E-state index is 13.4. The van der Waals surface area contributed by atoms with E-state index in [4.69, 9.17) is 11.6 Å². The van der Waals surface area contributed by atoms with Gasteiger partial charge in [-0.2, -0.15) is 4.31 Å². The standard InChI is InChI=1S/C23H22BrClN2O3S/c1-26(15-18-7-3-2-4-8-18)23(28)17-27(16-19-9-5-6-10-22(19)25)31(29,30)21-13-11-20(24)12-14-21/h2-14H,15-17H2,1H3. The van der Waals surface area contributed by atoms with E-state index in [0.717, 1.165) is 10.0 Å². The Labute approximate surface area is 196 Å². The van der Waals surface area contributed by atoms with Gasteiger partial charge < -0.3 is 4.90 Å². The second kappa shape index (κ2) is 10.4. The molecule has 162 valence electrons. The zero-order valence-electron chi connectivity index (χ0n) is 16.9. The van der Waals surface area contributed by atoms with Gasteiger partial charge in [-0.15, -0.1) is 0 Å². The molecule has 0 radical (unpaired) electrons. The van der Waals surface area contributed by atoms with Crippen molar-refractivity contribution in [2.45, 2.75) is 18.0 Å². The largest absolute Gasteiger partial charge is 0.340 e. The number of halogens is 2. The Kier molecular flexibility index (Phi) is 7.89. The minimum atomic E-state index is -3.93. The van der Waals surface area contributed by atoms with Gasteiger partial charge in [0.1, 0.15) is 0 Å². The maximum absolute atomic E-state index is 13.4. The molecule has 0 saturated heterocycles. The topological polar surface area (TPSA) is 57.7 Å². The van der Waals surface area contributed by atoms with Crippen molar-refractivity contribution in [3.05, 3.63) is 99.5 Å². The summed E-state index contributed by atoms with van der Waals surface area (Å²) in [5, 5.41) is 0.448. The van der Waals surface area contributed by atoms with Crippen LogP contribution in [-0.2, 0) is 27.9 Å². The van der Waals surface area contributed by atoms with Crippen LogP contribution in [0.25, 0.3) is 0 Å². The van der Waals surface area contributed by atoms with Crippen LogP contribution in [0.1, 0.15) is 11.1 Å².